The Morgan fingerprint density at radius 3 is 2.76 bits per heavy atom. The fourth-order valence-electron chi connectivity index (χ4n) is 2.87. The molecular formula is C21H18N4O3S. The molecular weight excluding hydrogens is 388 g/mol. The summed E-state index contributed by atoms with van der Waals surface area (Å²) in [6, 6.07) is 14.0. The predicted molar refractivity (Wildman–Crippen MR) is 112 cm³/mol. The molecule has 8 heteroatoms. The van der Waals surface area contributed by atoms with Crippen molar-refractivity contribution in [2.45, 2.75) is 13.5 Å². The van der Waals surface area contributed by atoms with Gasteiger partial charge in [0.25, 0.3) is 5.91 Å². The molecule has 2 heterocycles. The maximum absolute atomic E-state index is 12.6. The van der Waals surface area contributed by atoms with E-state index in [0.717, 1.165) is 11.4 Å². The summed E-state index contributed by atoms with van der Waals surface area (Å²) in [5, 5.41) is 4.79. The molecule has 4 rings (SSSR count). The van der Waals surface area contributed by atoms with E-state index in [1.807, 2.05) is 18.4 Å². The highest BCUT2D eigenvalue weighted by atomic mass is 32.1. The van der Waals surface area contributed by atoms with Crippen LogP contribution in [0.25, 0.3) is 5.69 Å². The topological polar surface area (TPSA) is 89.0 Å². The minimum atomic E-state index is -0.244. The van der Waals surface area contributed by atoms with Crippen molar-refractivity contribution in [3.63, 3.8) is 0 Å². The number of H-pyrrole nitrogens is 1. The smallest absolute Gasteiger partial charge is 0.330 e. The quantitative estimate of drug-likeness (QED) is 0.510. The summed E-state index contributed by atoms with van der Waals surface area (Å²) in [5.41, 5.74) is 4.97. The van der Waals surface area contributed by atoms with Crippen LogP contribution in [0.2, 0.25) is 0 Å². The van der Waals surface area contributed by atoms with E-state index < -0.39 is 0 Å². The van der Waals surface area contributed by atoms with Gasteiger partial charge in [0.1, 0.15) is 12.4 Å². The van der Waals surface area contributed by atoms with E-state index in [1.165, 1.54) is 11.3 Å². The number of aryl methyl sites for hydroxylation is 1. The molecule has 0 bridgehead atoms. The molecule has 0 aliphatic carbocycles. The highest BCUT2D eigenvalue weighted by Gasteiger charge is 2.09. The zero-order valence-electron chi connectivity index (χ0n) is 15.6. The molecule has 0 fully saturated rings. The van der Waals surface area contributed by atoms with Crippen LogP contribution in [0.3, 0.4) is 0 Å². The standard InChI is InChI=1S/C21H18N4O3S/c1-14-10-22-21(27)25(14)18-4-2-3-16(9-18)24-20(26)15-5-7-19(8-6-15)28-11-17-12-29-13-23-17/h2-10,12-13H,11H2,1H3,(H,22,27)(H,24,26). The maximum Gasteiger partial charge on any atom is 0.330 e. The Morgan fingerprint density at radius 1 is 1.24 bits per heavy atom. The first-order valence-corrected chi connectivity index (χ1v) is 9.83. The van der Waals surface area contributed by atoms with Crippen molar-refractivity contribution in [3.05, 3.63) is 93.1 Å². The van der Waals surface area contributed by atoms with Gasteiger partial charge in [-0.05, 0) is 49.4 Å². The lowest BCUT2D eigenvalue weighted by Crippen LogP contribution is -2.16. The largest absolute Gasteiger partial charge is 0.487 e. The maximum atomic E-state index is 12.6. The zero-order valence-corrected chi connectivity index (χ0v) is 16.4. The molecule has 146 valence electrons. The van der Waals surface area contributed by atoms with Crippen LogP contribution in [-0.4, -0.2) is 20.4 Å². The summed E-state index contributed by atoms with van der Waals surface area (Å²) in [4.78, 5) is 31.3. The number of carbonyl (C=O) groups excluding carboxylic acids is 1. The van der Waals surface area contributed by atoms with E-state index in [0.29, 0.717) is 29.3 Å². The first-order valence-electron chi connectivity index (χ1n) is 8.89. The van der Waals surface area contributed by atoms with Crippen LogP contribution in [0, 0.1) is 6.92 Å². The number of hydrogen-bond acceptors (Lipinski definition) is 5. The number of nitrogens with one attached hydrogen (secondary N) is 2. The van der Waals surface area contributed by atoms with Crippen molar-refractivity contribution >= 4 is 22.9 Å². The van der Waals surface area contributed by atoms with Gasteiger partial charge in [-0.3, -0.25) is 9.36 Å². The highest BCUT2D eigenvalue weighted by Crippen LogP contribution is 2.18. The van der Waals surface area contributed by atoms with Gasteiger partial charge in [0.15, 0.2) is 0 Å². The van der Waals surface area contributed by atoms with Crippen LogP contribution < -0.4 is 15.7 Å². The zero-order chi connectivity index (χ0) is 20.2. The van der Waals surface area contributed by atoms with Crippen molar-refractivity contribution in [2.75, 3.05) is 5.32 Å². The molecule has 2 N–H and O–H groups in total. The molecule has 2 aromatic carbocycles. The van der Waals surface area contributed by atoms with Crippen LogP contribution >= 0.6 is 11.3 Å². The molecule has 0 saturated heterocycles. The van der Waals surface area contributed by atoms with Crippen LogP contribution in [0.15, 0.2) is 70.4 Å². The molecule has 0 atom stereocenters. The monoisotopic (exact) mass is 406 g/mol. The van der Waals surface area contributed by atoms with E-state index >= 15 is 0 Å². The van der Waals surface area contributed by atoms with E-state index in [9.17, 15) is 9.59 Å². The van der Waals surface area contributed by atoms with E-state index in [2.05, 4.69) is 15.3 Å². The summed E-state index contributed by atoms with van der Waals surface area (Å²) in [5.74, 6) is 0.421. The van der Waals surface area contributed by atoms with Crippen molar-refractivity contribution in [2.24, 2.45) is 0 Å². The average Bonchev–Trinajstić information content (AvgIpc) is 3.36. The van der Waals surface area contributed by atoms with Gasteiger partial charge in [0, 0.05) is 28.5 Å². The third-order valence-corrected chi connectivity index (χ3v) is 4.94. The number of hydrogen-bond donors (Lipinski definition) is 2. The third-order valence-electron chi connectivity index (χ3n) is 4.31. The second-order valence-corrected chi connectivity index (χ2v) is 7.09. The molecule has 0 radical (unpaired) electrons. The first kappa shape index (κ1) is 18.7. The van der Waals surface area contributed by atoms with Gasteiger partial charge in [-0.25, -0.2) is 9.78 Å². The first-order chi connectivity index (χ1) is 14.1. The summed E-state index contributed by atoms with van der Waals surface area (Å²) < 4.78 is 7.21. The lowest BCUT2D eigenvalue weighted by molar-refractivity contribution is 0.102. The molecule has 0 saturated carbocycles. The van der Waals surface area contributed by atoms with Crippen LogP contribution in [0.1, 0.15) is 21.7 Å². The molecule has 0 aliphatic rings. The van der Waals surface area contributed by atoms with Crippen molar-refractivity contribution in [1.29, 1.82) is 0 Å². The van der Waals surface area contributed by atoms with Gasteiger partial charge >= 0.3 is 5.69 Å². The summed E-state index contributed by atoms with van der Waals surface area (Å²) in [7, 11) is 0. The number of aromatic nitrogens is 3. The van der Waals surface area contributed by atoms with Crippen LogP contribution in [0.4, 0.5) is 5.69 Å². The van der Waals surface area contributed by atoms with Gasteiger partial charge in [0.05, 0.1) is 16.9 Å². The summed E-state index contributed by atoms with van der Waals surface area (Å²) >= 11 is 1.52. The molecule has 2 aromatic heterocycles. The number of aromatic amines is 1. The number of anilines is 1. The summed E-state index contributed by atoms with van der Waals surface area (Å²) in [6.07, 6.45) is 1.64. The van der Waals surface area contributed by atoms with E-state index in [1.54, 1.807) is 58.7 Å². The number of carbonyl (C=O) groups is 1. The molecule has 7 nitrogen and oxygen atoms in total. The number of nitrogens with zero attached hydrogens (tertiary/aromatic N) is 2. The Kier molecular flexibility index (Phi) is 5.26. The van der Waals surface area contributed by atoms with Crippen molar-refractivity contribution < 1.29 is 9.53 Å². The van der Waals surface area contributed by atoms with Gasteiger partial charge in [-0.2, -0.15) is 0 Å². The fourth-order valence-corrected chi connectivity index (χ4v) is 3.41. The highest BCUT2D eigenvalue weighted by molar-refractivity contribution is 7.07. The van der Waals surface area contributed by atoms with Gasteiger partial charge in [-0.1, -0.05) is 6.07 Å². The van der Waals surface area contributed by atoms with Gasteiger partial charge in [0.2, 0.25) is 0 Å². The average molecular weight is 406 g/mol. The molecule has 0 unspecified atom stereocenters. The number of benzene rings is 2. The molecule has 0 aliphatic heterocycles. The second-order valence-electron chi connectivity index (χ2n) is 6.37. The fraction of sp³-hybridized carbons (Fsp3) is 0.0952. The Balaban J connectivity index is 1.44. The minimum Gasteiger partial charge on any atom is -0.487 e. The Hall–Kier alpha value is -3.65. The van der Waals surface area contributed by atoms with E-state index in [-0.39, 0.29) is 11.6 Å². The Labute approximate surface area is 170 Å². The third kappa shape index (κ3) is 4.27. The molecule has 0 spiro atoms. The van der Waals surface area contributed by atoms with Gasteiger partial charge < -0.3 is 15.0 Å². The van der Waals surface area contributed by atoms with Crippen molar-refractivity contribution in [3.8, 4) is 11.4 Å². The Morgan fingerprint density at radius 2 is 2.07 bits per heavy atom. The lowest BCUT2D eigenvalue weighted by Gasteiger charge is -2.09. The number of rotatable bonds is 6. The second kappa shape index (κ2) is 8.15. The van der Waals surface area contributed by atoms with Gasteiger partial charge in [-0.15, -0.1) is 11.3 Å². The molecule has 29 heavy (non-hydrogen) atoms. The number of thiazole rings is 1. The lowest BCUT2D eigenvalue weighted by atomic mass is 10.2. The predicted octanol–water partition coefficient (Wildman–Crippen LogP) is 3.76. The normalized spacial score (nSPS) is 10.7. The van der Waals surface area contributed by atoms with E-state index in [4.69, 9.17) is 4.74 Å². The molecule has 1 amide bonds. The van der Waals surface area contributed by atoms with Crippen molar-refractivity contribution in [1.82, 2.24) is 14.5 Å². The summed E-state index contributed by atoms with van der Waals surface area (Å²) in [6.45, 7) is 2.22. The number of imidazole rings is 1. The SMILES string of the molecule is Cc1c[nH]c(=O)n1-c1cccc(NC(=O)c2ccc(OCc3cscn3)cc2)c1. The number of ether oxygens (including phenoxy) is 1. The minimum absolute atomic E-state index is 0.223. The van der Waals surface area contributed by atoms with Crippen LogP contribution in [0.5, 0.6) is 5.75 Å². The molecule has 4 aromatic rings. The van der Waals surface area contributed by atoms with Crippen LogP contribution in [-0.2, 0) is 6.61 Å². The Bertz CT molecular complexity index is 1180. The number of amides is 1.